The van der Waals surface area contributed by atoms with Gasteiger partial charge in [-0.3, -0.25) is 0 Å². The molecule has 0 amide bonds. The number of rotatable bonds is 4. The summed E-state index contributed by atoms with van der Waals surface area (Å²) < 4.78 is 5.18. The molecule has 1 fully saturated rings. The van der Waals surface area contributed by atoms with Crippen LogP contribution in [-0.4, -0.2) is 11.1 Å². The van der Waals surface area contributed by atoms with Gasteiger partial charge in [-0.1, -0.05) is 19.3 Å². The molecule has 16 heavy (non-hydrogen) atoms. The summed E-state index contributed by atoms with van der Waals surface area (Å²) in [5, 5.41) is 9.94. The Bertz CT molecular complexity index is 291. The van der Waals surface area contributed by atoms with E-state index in [9.17, 15) is 5.11 Å². The van der Waals surface area contributed by atoms with Gasteiger partial charge in [0, 0.05) is 6.04 Å². The Morgan fingerprint density at radius 1 is 1.38 bits per heavy atom. The van der Waals surface area contributed by atoms with Gasteiger partial charge in [0.1, 0.15) is 11.9 Å². The molecule has 1 saturated carbocycles. The van der Waals surface area contributed by atoms with E-state index in [4.69, 9.17) is 10.2 Å². The summed E-state index contributed by atoms with van der Waals surface area (Å²) >= 11 is 0. The number of hydrogen-bond acceptors (Lipinski definition) is 3. The van der Waals surface area contributed by atoms with Crippen LogP contribution >= 0.6 is 0 Å². The lowest BCUT2D eigenvalue weighted by molar-refractivity contribution is 0.117. The molecule has 0 bridgehead atoms. The number of aliphatic hydroxyl groups is 1. The average molecular weight is 223 g/mol. The largest absolute Gasteiger partial charge is 0.467 e. The zero-order chi connectivity index (χ0) is 11.4. The Morgan fingerprint density at radius 2 is 2.12 bits per heavy atom. The van der Waals surface area contributed by atoms with Crippen molar-refractivity contribution in [3.05, 3.63) is 24.2 Å². The highest BCUT2D eigenvalue weighted by atomic mass is 16.4. The monoisotopic (exact) mass is 223 g/mol. The topological polar surface area (TPSA) is 59.4 Å². The molecule has 0 aliphatic heterocycles. The minimum atomic E-state index is -0.549. The van der Waals surface area contributed by atoms with E-state index in [1.165, 1.54) is 32.1 Å². The van der Waals surface area contributed by atoms with Gasteiger partial charge in [0.25, 0.3) is 0 Å². The highest BCUT2D eigenvalue weighted by molar-refractivity contribution is 5.02. The molecule has 1 aliphatic rings. The van der Waals surface area contributed by atoms with Gasteiger partial charge < -0.3 is 15.3 Å². The lowest BCUT2D eigenvalue weighted by atomic mass is 9.82. The van der Waals surface area contributed by atoms with Crippen molar-refractivity contribution in [3.63, 3.8) is 0 Å². The maximum absolute atomic E-state index is 9.94. The third-order valence-electron chi connectivity index (χ3n) is 3.62. The van der Waals surface area contributed by atoms with Crippen molar-refractivity contribution in [3.8, 4) is 0 Å². The Kier molecular flexibility index (Phi) is 4.02. The zero-order valence-corrected chi connectivity index (χ0v) is 9.64. The summed E-state index contributed by atoms with van der Waals surface area (Å²) in [6, 6.07) is 3.70. The van der Waals surface area contributed by atoms with E-state index in [-0.39, 0.29) is 6.04 Å². The third kappa shape index (κ3) is 2.86. The zero-order valence-electron chi connectivity index (χ0n) is 9.64. The lowest BCUT2D eigenvalue weighted by Gasteiger charge is -2.28. The van der Waals surface area contributed by atoms with Crippen LogP contribution in [0.25, 0.3) is 0 Å². The molecule has 1 heterocycles. The SMILES string of the molecule is NC(CC(O)c1ccco1)C1CCCCC1. The summed E-state index contributed by atoms with van der Waals surface area (Å²) in [6.07, 6.45) is 7.99. The Balaban J connectivity index is 1.84. The summed E-state index contributed by atoms with van der Waals surface area (Å²) in [5.41, 5.74) is 6.15. The van der Waals surface area contributed by atoms with Crippen LogP contribution in [-0.2, 0) is 0 Å². The molecular formula is C13H21NO2. The standard InChI is InChI=1S/C13H21NO2/c14-11(10-5-2-1-3-6-10)9-12(15)13-7-4-8-16-13/h4,7-8,10-12,15H,1-3,5-6,9,14H2. The van der Waals surface area contributed by atoms with Crippen LogP contribution in [0.4, 0.5) is 0 Å². The second kappa shape index (κ2) is 5.51. The van der Waals surface area contributed by atoms with Crippen molar-refractivity contribution in [1.82, 2.24) is 0 Å². The minimum Gasteiger partial charge on any atom is -0.467 e. The summed E-state index contributed by atoms with van der Waals surface area (Å²) in [7, 11) is 0. The first kappa shape index (κ1) is 11.7. The van der Waals surface area contributed by atoms with Crippen molar-refractivity contribution >= 4 is 0 Å². The van der Waals surface area contributed by atoms with Crippen LogP contribution < -0.4 is 5.73 Å². The quantitative estimate of drug-likeness (QED) is 0.824. The second-order valence-corrected chi connectivity index (χ2v) is 4.83. The predicted octanol–water partition coefficient (Wildman–Crippen LogP) is 2.61. The summed E-state index contributed by atoms with van der Waals surface area (Å²) in [4.78, 5) is 0. The van der Waals surface area contributed by atoms with Gasteiger partial charge in [-0.25, -0.2) is 0 Å². The van der Waals surface area contributed by atoms with E-state index >= 15 is 0 Å². The Labute approximate surface area is 96.6 Å². The molecule has 3 nitrogen and oxygen atoms in total. The van der Waals surface area contributed by atoms with Gasteiger partial charge in [-0.2, -0.15) is 0 Å². The van der Waals surface area contributed by atoms with E-state index in [0.29, 0.717) is 18.1 Å². The molecule has 0 aromatic carbocycles. The molecule has 1 aromatic heterocycles. The van der Waals surface area contributed by atoms with Crippen molar-refractivity contribution in [2.75, 3.05) is 0 Å². The van der Waals surface area contributed by atoms with Crippen LogP contribution in [0.1, 0.15) is 50.4 Å². The van der Waals surface area contributed by atoms with Crippen LogP contribution in [0.5, 0.6) is 0 Å². The van der Waals surface area contributed by atoms with E-state index in [2.05, 4.69) is 0 Å². The molecule has 3 N–H and O–H groups in total. The number of furan rings is 1. The first-order chi connectivity index (χ1) is 7.77. The first-order valence-corrected chi connectivity index (χ1v) is 6.24. The second-order valence-electron chi connectivity index (χ2n) is 4.83. The normalized spacial score (nSPS) is 21.9. The maximum Gasteiger partial charge on any atom is 0.132 e. The van der Waals surface area contributed by atoms with E-state index in [1.54, 1.807) is 18.4 Å². The van der Waals surface area contributed by atoms with Crippen molar-refractivity contribution < 1.29 is 9.52 Å². The molecule has 90 valence electrons. The molecule has 2 rings (SSSR count). The van der Waals surface area contributed by atoms with Crippen LogP contribution in [0, 0.1) is 5.92 Å². The summed E-state index contributed by atoms with van der Waals surface area (Å²) in [5.74, 6) is 1.21. The number of nitrogens with two attached hydrogens (primary N) is 1. The Hall–Kier alpha value is -0.800. The predicted molar refractivity (Wildman–Crippen MR) is 62.8 cm³/mol. The van der Waals surface area contributed by atoms with Gasteiger partial charge >= 0.3 is 0 Å². The molecule has 1 aromatic rings. The van der Waals surface area contributed by atoms with Gasteiger partial charge in [0.15, 0.2) is 0 Å². The summed E-state index contributed by atoms with van der Waals surface area (Å²) in [6.45, 7) is 0. The first-order valence-electron chi connectivity index (χ1n) is 6.24. The highest BCUT2D eigenvalue weighted by Crippen LogP contribution is 2.29. The molecule has 3 heteroatoms. The van der Waals surface area contributed by atoms with Gasteiger partial charge in [0.05, 0.1) is 6.26 Å². The fourth-order valence-corrected chi connectivity index (χ4v) is 2.61. The van der Waals surface area contributed by atoms with Gasteiger partial charge in [-0.05, 0) is 37.3 Å². The fraction of sp³-hybridized carbons (Fsp3) is 0.692. The van der Waals surface area contributed by atoms with Gasteiger partial charge in [-0.15, -0.1) is 0 Å². The van der Waals surface area contributed by atoms with Crippen molar-refractivity contribution in [1.29, 1.82) is 0 Å². The molecule has 1 aliphatic carbocycles. The fourth-order valence-electron chi connectivity index (χ4n) is 2.61. The maximum atomic E-state index is 9.94. The van der Waals surface area contributed by atoms with Crippen molar-refractivity contribution in [2.45, 2.75) is 50.7 Å². The average Bonchev–Trinajstić information content (AvgIpc) is 2.83. The molecule has 0 saturated heterocycles. The van der Waals surface area contributed by atoms with Crippen LogP contribution in [0.3, 0.4) is 0 Å². The van der Waals surface area contributed by atoms with E-state index in [1.807, 2.05) is 0 Å². The lowest BCUT2D eigenvalue weighted by Crippen LogP contribution is -2.33. The van der Waals surface area contributed by atoms with Crippen LogP contribution in [0.15, 0.2) is 22.8 Å². The molecule has 2 unspecified atom stereocenters. The highest BCUT2D eigenvalue weighted by Gasteiger charge is 2.24. The third-order valence-corrected chi connectivity index (χ3v) is 3.62. The molecular weight excluding hydrogens is 202 g/mol. The molecule has 0 spiro atoms. The molecule has 2 atom stereocenters. The number of hydrogen-bond donors (Lipinski definition) is 2. The van der Waals surface area contributed by atoms with E-state index in [0.717, 1.165) is 0 Å². The number of aliphatic hydroxyl groups excluding tert-OH is 1. The Morgan fingerprint density at radius 3 is 2.75 bits per heavy atom. The minimum absolute atomic E-state index is 0.0976. The van der Waals surface area contributed by atoms with Crippen molar-refractivity contribution in [2.24, 2.45) is 11.7 Å². The smallest absolute Gasteiger partial charge is 0.132 e. The van der Waals surface area contributed by atoms with Crippen LogP contribution in [0.2, 0.25) is 0 Å². The van der Waals surface area contributed by atoms with E-state index < -0.39 is 6.10 Å². The van der Waals surface area contributed by atoms with Gasteiger partial charge in [0.2, 0.25) is 0 Å². The molecule has 0 radical (unpaired) electrons.